The highest BCUT2D eigenvalue weighted by Crippen LogP contribution is 2.31. The number of hydrogen-bond donors (Lipinski definition) is 3. The first-order valence-corrected chi connectivity index (χ1v) is 8.01. The van der Waals surface area contributed by atoms with Crippen molar-refractivity contribution in [2.45, 2.75) is 26.2 Å². The SMILES string of the molecule is CC(=O)C(CC(=O)ON)C1CCCN(c2ccc(C(=N)N)cc2)C1=O. The second kappa shape index (κ2) is 7.89. The standard InChI is InChI=1S/C17H22N4O4/c1-10(22)14(9-15(23)25-20)13-3-2-8-21(17(13)24)12-6-4-11(5-7-12)16(18)19/h4-7,13-14H,2-3,8-9,20H2,1H3,(H3,18,19). The molecule has 8 nitrogen and oxygen atoms in total. The van der Waals surface area contributed by atoms with Gasteiger partial charge in [0.1, 0.15) is 11.6 Å². The van der Waals surface area contributed by atoms with Crippen LogP contribution in [0.15, 0.2) is 24.3 Å². The molecule has 0 aliphatic carbocycles. The number of amides is 1. The maximum Gasteiger partial charge on any atom is 0.325 e. The molecule has 0 aromatic heterocycles. The molecule has 25 heavy (non-hydrogen) atoms. The Balaban J connectivity index is 2.22. The first-order chi connectivity index (χ1) is 11.8. The number of Topliss-reactive ketones (excluding diaryl/α,β-unsaturated/α-hetero) is 1. The molecule has 5 N–H and O–H groups in total. The molecule has 2 unspecified atom stereocenters. The van der Waals surface area contributed by atoms with Crippen LogP contribution in [-0.4, -0.2) is 30.0 Å². The molecule has 0 bridgehead atoms. The number of anilines is 1. The van der Waals surface area contributed by atoms with Crippen molar-refractivity contribution in [1.29, 1.82) is 5.41 Å². The Morgan fingerprint density at radius 2 is 2.00 bits per heavy atom. The monoisotopic (exact) mass is 346 g/mol. The highest BCUT2D eigenvalue weighted by atomic mass is 16.7. The highest BCUT2D eigenvalue weighted by molar-refractivity contribution is 6.00. The van der Waals surface area contributed by atoms with Gasteiger partial charge in [-0.05, 0) is 44.0 Å². The zero-order chi connectivity index (χ0) is 18.6. The fraction of sp³-hybridized carbons (Fsp3) is 0.412. The zero-order valence-electron chi connectivity index (χ0n) is 14.0. The van der Waals surface area contributed by atoms with E-state index in [2.05, 4.69) is 4.84 Å². The Bertz CT molecular complexity index is 686. The lowest BCUT2D eigenvalue weighted by Gasteiger charge is -2.35. The summed E-state index contributed by atoms with van der Waals surface area (Å²) in [7, 11) is 0. The second-order valence-electron chi connectivity index (χ2n) is 6.11. The van der Waals surface area contributed by atoms with Crippen LogP contribution in [0.3, 0.4) is 0 Å². The quantitative estimate of drug-likeness (QED) is 0.394. The smallest absolute Gasteiger partial charge is 0.325 e. The van der Waals surface area contributed by atoms with Crippen molar-refractivity contribution in [2.24, 2.45) is 23.5 Å². The van der Waals surface area contributed by atoms with Crippen molar-refractivity contribution in [3.63, 3.8) is 0 Å². The minimum absolute atomic E-state index is 0.0497. The third kappa shape index (κ3) is 4.21. The molecule has 8 heteroatoms. The van der Waals surface area contributed by atoms with Gasteiger partial charge in [-0.1, -0.05) is 0 Å². The number of benzene rings is 1. The number of rotatable bonds is 6. The Hall–Kier alpha value is -2.74. The molecule has 1 aliphatic rings. The van der Waals surface area contributed by atoms with Gasteiger partial charge in [0.05, 0.1) is 6.42 Å². The Morgan fingerprint density at radius 1 is 1.36 bits per heavy atom. The van der Waals surface area contributed by atoms with Crippen molar-refractivity contribution < 1.29 is 19.2 Å². The van der Waals surface area contributed by atoms with Crippen molar-refractivity contribution in [3.8, 4) is 0 Å². The van der Waals surface area contributed by atoms with Gasteiger partial charge in [0.2, 0.25) is 5.91 Å². The number of nitrogen functional groups attached to an aromatic ring is 1. The minimum Gasteiger partial charge on any atom is -0.384 e. The number of ketones is 1. The predicted octanol–water partition coefficient (Wildman–Crippen LogP) is 0.726. The van der Waals surface area contributed by atoms with Crippen LogP contribution in [0.25, 0.3) is 0 Å². The number of nitrogens with two attached hydrogens (primary N) is 2. The van der Waals surface area contributed by atoms with E-state index in [1.165, 1.54) is 6.92 Å². The van der Waals surface area contributed by atoms with Gasteiger partial charge in [-0.3, -0.25) is 19.8 Å². The number of nitrogens with zero attached hydrogens (tertiary/aromatic N) is 1. The van der Waals surface area contributed by atoms with Crippen LogP contribution in [0, 0.1) is 17.2 Å². The molecule has 1 aromatic rings. The van der Waals surface area contributed by atoms with Gasteiger partial charge in [-0.15, -0.1) is 0 Å². The fourth-order valence-corrected chi connectivity index (χ4v) is 3.15. The molecule has 1 heterocycles. The van der Waals surface area contributed by atoms with E-state index in [1.807, 2.05) is 0 Å². The third-order valence-electron chi connectivity index (χ3n) is 4.50. The lowest BCUT2D eigenvalue weighted by Crippen LogP contribution is -2.46. The Morgan fingerprint density at radius 3 is 2.52 bits per heavy atom. The molecule has 1 saturated heterocycles. The maximum absolute atomic E-state index is 12.9. The Labute approximate surface area is 145 Å². The number of piperidine rings is 1. The molecule has 2 atom stereocenters. The summed E-state index contributed by atoms with van der Waals surface area (Å²) < 4.78 is 0. The van der Waals surface area contributed by atoms with Gasteiger partial charge in [-0.25, -0.2) is 0 Å². The summed E-state index contributed by atoms with van der Waals surface area (Å²) in [4.78, 5) is 42.1. The average Bonchev–Trinajstić information content (AvgIpc) is 2.60. The summed E-state index contributed by atoms with van der Waals surface area (Å²) in [6.07, 6.45) is 1.04. The van der Waals surface area contributed by atoms with Crippen molar-refractivity contribution in [2.75, 3.05) is 11.4 Å². The van der Waals surface area contributed by atoms with E-state index in [0.29, 0.717) is 30.6 Å². The van der Waals surface area contributed by atoms with Gasteiger partial charge in [0.15, 0.2) is 0 Å². The van der Waals surface area contributed by atoms with Crippen LogP contribution in [-0.2, 0) is 19.2 Å². The predicted molar refractivity (Wildman–Crippen MR) is 91.6 cm³/mol. The van der Waals surface area contributed by atoms with E-state index in [1.54, 1.807) is 29.2 Å². The van der Waals surface area contributed by atoms with Crippen LogP contribution >= 0.6 is 0 Å². The molecule has 1 aliphatic heterocycles. The van der Waals surface area contributed by atoms with Gasteiger partial charge >= 0.3 is 5.97 Å². The summed E-state index contributed by atoms with van der Waals surface area (Å²) in [5.74, 6) is 2.32. The normalized spacial score (nSPS) is 18.6. The van der Waals surface area contributed by atoms with Gasteiger partial charge in [0, 0.05) is 29.6 Å². The molecule has 2 rings (SSSR count). The van der Waals surface area contributed by atoms with Crippen LogP contribution in [0.1, 0.15) is 31.7 Å². The summed E-state index contributed by atoms with van der Waals surface area (Å²) >= 11 is 0. The van der Waals surface area contributed by atoms with E-state index in [9.17, 15) is 14.4 Å². The molecule has 1 aromatic carbocycles. The number of carbonyl (C=O) groups excluding carboxylic acids is 3. The lowest BCUT2D eigenvalue weighted by atomic mass is 9.80. The first-order valence-electron chi connectivity index (χ1n) is 8.01. The molecule has 0 radical (unpaired) electrons. The van der Waals surface area contributed by atoms with E-state index >= 15 is 0 Å². The van der Waals surface area contributed by atoms with Crippen LogP contribution in [0.5, 0.6) is 0 Å². The molecule has 1 fully saturated rings. The van der Waals surface area contributed by atoms with Gasteiger partial charge in [0.25, 0.3) is 0 Å². The zero-order valence-corrected chi connectivity index (χ0v) is 14.0. The van der Waals surface area contributed by atoms with Crippen LogP contribution in [0.2, 0.25) is 0 Å². The van der Waals surface area contributed by atoms with Crippen molar-refractivity contribution in [3.05, 3.63) is 29.8 Å². The van der Waals surface area contributed by atoms with E-state index < -0.39 is 17.8 Å². The molecule has 0 spiro atoms. The van der Waals surface area contributed by atoms with E-state index in [-0.39, 0.29) is 23.9 Å². The van der Waals surface area contributed by atoms with Crippen molar-refractivity contribution in [1.82, 2.24) is 0 Å². The number of carbonyl (C=O) groups is 3. The third-order valence-corrected chi connectivity index (χ3v) is 4.50. The highest BCUT2D eigenvalue weighted by Gasteiger charge is 2.38. The van der Waals surface area contributed by atoms with E-state index in [0.717, 1.165) is 0 Å². The molecular formula is C17H22N4O4. The molecular weight excluding hydrogens is 324 g/mol. The van der Waals surface area contributed by atoms with Crippen LogP contribution < -0.4 is 16.5 Å². The first kappa shape index (κ1) is 18.6. The van der Waals surface area contributed by atoms with E-state index in [4.69, 9.17) is 17.0 Å². The summed E-state index contributed by atoms with van der Waals surface area (Å²) in [5, 5.41) is 7.41. The van der Waals surface area contributed by atoms with Gasteiger partial charge < -0.3 is 15.5 Å². The summed E-state index contributed by atoms with van der Waals surface area (Å²) in [6, 6.07) is 6.77. The Kier molecular flexibility index (Phi) is 5.87. The fourth-order valence-electron chi connectivity index (χ4n) is 3.15. The molecule has 134 valence electrons. The second-order valence-corrected chi connectivity index (χ2v) is 6.11. The topological polar surface area (TPSA) is 140 Å². The summed E-state index contributed by atoms with van der Waals surface area (Å²) in [6.45, 7) is 1.89. The lowest BCUT2D eigenvalue weighted by molar-refractivity contribution is -0.148. The minimum atomic E-state index is -0.747. The maximum atomic E-state index is 12.9. The molecule has 1 amide bonds. The largest absolute Gasteiger partial charge is 0.384 e. The average molecular weight is 346 g/mol. The number of nitrogens with one attached hydrogen (secondary N) is 1. The van der Waals surface area contributed by atoms with Crippen molar-refractivity contribution >= 4 is 29.2 Å². The molecule has 0 saturated carbocycles. The number of amidine groups is 1. The van der Waals surface area contributed by atoms with Gasteiger partial charge in [-0.2, -0.15) is 5.90 Å². The number of hydrogen-bond acceptors (Lipinski definition) is 6. The van der Waals surface area contributed by atoms with Crippen LogP contribution in [0.4, 0.5) is 5.69 Å². The summed E-state index contributed by atoms with van der Waals surface area (Å²) in [5.41, 5.74) is 6.67.